The lowest BCUT2D eigenvalue weighted by Crippen LogP contribution is -2.48. The smallest absolute Gasteiger partial charge is 0.269 e. The van der Waals surface area contributed by atoms with Crippen LogP contribution in [0.2, 0.25) is 0 Å². The van der Waals surface area contributed by atoms with Crippen molar-refractivity contribution in [3.05, 3.63) is 39.9 Å². The fourth-order valence-electron chi connectivity index (χ4n) is 2.95. The van der Waals surface area contributed by atoms with Crippen LogP contribution in [0.5, 0.6) is 0 Å². The highest BCUT2D eigenvalue weighted by atomic mass is 16.6. The van der Waals surface area contributed by atoms with Crippen molar-refractivity contribution in [1.82, 2.24) is 9.80 Å². The molecule has 1 heterocycles. The van der Waals surface area contributed by atoms with Crippen molar-refractivity contribution in [1.29, 1.82) is 0 Å². The predicted octanol–water partition coefficient (Wildman–Crippen LogP) is 1.41. The van der Waals surface area contributed by atoms with Crippen molar-refractivity contribution in [2.24, 2.45) is 0 Å². The molecule has 0 bridgehead atoms. The van der Waals surface area contributed by atoms with Gasteiger partial charge < -0.3 is 5.11 Å². The minimum atomic E-state index is -0.669. The molecule has 0 radical (unpaired) electrons. The zero-order chi connectivity index (χ0) is 14.8. The molecular weight excluding hydrogens is 270 g/mol. The molecule has 1 aliphatic carbocycles. The van der Waals surface area contributed by atoms with Crippen LogP contribution in [0.3, 0.4) is 0 Å². The summed E-state index contributed by atoms with van der Waals surface area (Å²) in [6.45, 7) is 4.59. The molecule has 1 aromatic rings. The van der Waals surface area contributed by atoms with Crippen LogP contribution in [-0.4, -0.2) is 58.6 Å². The number of aliphatic hydroxyl groups excluding tert-OH is 1. The van der Waals surface area contributed by atoms with E-state index in [9.17, 15) is 15.2 Å². The van der Waals surface area contributed by atoms with Crippen LogP contribution in [0, 0.1) is 10.1 Å². The van der Waals surface area contributed by atoms with E-state index in [1.807, 2.05) is 0 Å². The molecule has 21 heavy (non-hydrogen) atoms. The Morgan fingerprint density at radius 1 is 1.29 bits per heavy atom. The van der Waals surface area contributed by atoms with Crippen LogP contribution in [0.15, 0.2) is 24.3 Å². The van der Waals surface area contributed by atoms with Gasteiger partial charge in [0.1, 0.15) is 0 Å². The molecule has 0 aromatic heterocycles. The summed E-state index contributed by atoms with van der Waals surface area (Å²) in [5.41, 5.74) is 0.652. The highest BCUT2D eigenvalue weighted by molar-refractivity contribution is 5.35. The Kier molecular flexibility index (Phi) is 4.19. The standard InChI is InChI=1S/C15H21N3O3/c19-15(12-2-1-3-14(10-12)18(20)21)11-16-6-8-17(9-7-16)13-4-5-13/h1-3,10,13,15,19H,4-9,11H2. The average Bonchev–Trinajstić information content (AvgIpc) is 3.33. The third-order valence-corrected chi connectivity index (χ3v) is 4.37. The number of non-ortho nitro benzene ring substituents is 1. The molecule has 0 amide bonds. The molecule has 1 aliphatic heterocycles. The van der Waals surface area contributed by atoms with Gasteiger partial charge in [0.25, 0.3) is 5.69 Å². The summed E-state index contributed by atoms with van der Waals surface area (Å²) in [7, 11) is 0. The molecule has 3 rings (SSSR count). The van der Waals surface area contributed by atoms with Gasteiger partial charge in [-0.1, -0.05) is 12.1 Å². The topological polar surface area (TPSA) is 69.8 Å². The summed E-state index contributed by atoms with van der Waals surface area (Å²) >= 11 is 0. The third kappa shape index (κ3) is 3.58. The zero-order valence-electron chi connectivity index (χ0n) is 12.0. The Morgan fingerprint density at radius 2 is 2.00 bits per heavy atom. The van der Waals surface area contributed by atoms with E-state index in [2.05, 4.69) is 9.80 Å². The van der Waals surface area contributed by atoms with Crippen molar-refractivity contribution in [3.63, 3.8) is 0 Å². The molecule has 1 N–H and O–H groups in total. The summed E-state index contributed by atoms with van der Waals surface area (Å²) in [4.78, 5) is 15.1. The molecule has 6 nitrogen and oxygen atoms in total. The first-order chi connectivity index (χ1) is 10.1. The normalized spacial score (nSPS) is 22.1. The van der Waals surface area contributed by atoms with Gasteiger partial charge in [-0.2, -0.15) is 0 Å². The Hall–Kier alpha value is -1.50. The van der Waals surface area contributed by atoms with Gasteiger partial charge in [-0.3, -0.25) is 19.9 Å². The van der Waals surface area contributed by atoms with Gasteiger partial charge in [0.05, 0.1) is 11.0 Å². The minimum Gasteiger partial charge on any atom is -0.387 e. The van der Waals surface area contributed by atoms with E-state index in [4.69, 9.17) is 0 Å². The number of hydrogen-bond acceptors (Lipinski definition) is 5. The average molecular weight is 291 g/mol. The molecule has 1 atom stereocenters. The van der Waals surface area contributed by atoms with E-state index in [0.29, 0.717) is 12.1 Å². The fraction of sp³-hybridized carbons (Fsp3) is 0.600. The Balaban J connectivity index is 1.55. The van der Waals surface area contributed by atoms with Gasteiger partial charge in [0, 0.05) is 50.9 Å². The number of rotatable bonds is 5. The van der Waals surface area contributed by atoms with Crippen LogP contribution in [0.1, 0.15) is 24.5 Å². The highest BCUT2D eigenvalue weighted by Crippen LogP contribution is 2.28. The van der Waals surface area contributed by atoms with Crippen molar-refractivity contribution in [3.8, 4) is 0 Å². The van der Waals surface area contributed by atoms with Crippen molar-refractivity contribution in [2.45, 2.75) is 25.0 Å². The number of nitro groups is 1. The molecule has 1 aromatic carbocycles. The van der Waals surface area contributed by atoms with E-state index in [-0.39, 0.29) is 5.69 Å². The van der Waals surface area contributed by atoms with Crippen LogP contribution in [-0.2, 0) is 0 Å². The molecular formula is C15H21N3O3. The quantitative estimate of drug-likeness (QED) is 0.656. The van der Waals surface area contributed by atoms with E-state index in [1.54, 1.807) is 12.1 Å². The molecule has 1 unspecified atom stereocenters. The largest absolute Gasteiger partial charge is 0.387 e. The number of β-amino-alcohol motifs (C(OH)–C–C–N with tert-alkyl or cyclic N) is 1. The van der Waals surface area contributed by atoms with Crippen LogP contribution in [0.4, 0.5) is 5.69 Å². The van der Waals surface area contributed by atoms with E-state index in [0.717, 1.165) is 32.2 Å². The lowest BCUT2D eigenvalue weighted by molar-refractivity contribution is -0.385. The monoisotopic (exact) mass is 291 g/mol. The van der Waals surface area contributed by atoms with Crippen LogP contribution >= 0.6 is 0 Å². The lowest BCUT2D eigenvalue weighted by Gasteiger charge is -2.35. The number of piperazine rings is 1. The third-order valence-electron chi connectivity index (χ3n) is 4.37. The zero-order valence-corrected chi connectivity index (χ0v) is 12.0. The van der Waals surface area contributed by atoms with Crippen molar-refractivity contribution in [2.75, 3.05) is 32.7 Å². The molecule has 2 aliphatic rings. The number of benzene rings is 1. The maximum absolute atomic E-state index is 10.8. The second kappa shape index (κ2) is 6.09. The van der Waals surface area contributed by atoms with E-state index < -0.39 is 11.0 Å². The highest BCUT2D eigenvalue weighted by Gasteiger charge is 2.31. The van der Waals surface area contributed by atoms with Gasteiger partial charge in [0.2, 0.25) is 0 Å². The van der Waals surface area contributed by atoms with Gasteiger partial charge in [0.15, 0.2) is 0 Å². The Labute approximate surface area is 124 Å². The first kappa shape index (κ1) is 14.4. The van der Waals surface area contributed by atoms with Crippen LogP contribution in [0.25, 0.3) is 0 Å². The number of hydrogen-bond donors (Lipinski definition) is 1. The first-order valence-corrected chi connectivity index (χ1v) is 7.52. The second-order valence-corrected chi connectivity index (χ2v) is 5.94. The van der Waals surface area contributed by atoms with Crippen LogP contribution < -0.4 is 0 Å². The summed E-state index contributed by atoms with van der Waals surface area (Å²) in [5, 5.41) is 21.1. The minimum absolute atomic E-state index is 0.0325. The summed E-state index contributed by atoms with van der Waals surface area (Å²) in [5.74, 6) is 0. The van der Waals surface area contributed by atoms with E-state index in [1.165, 1.54) is 25.0 Å². The summed E-state index contributed by atoms with van der Waals surface area (Å²) < 4.78 is 0. The van der Waals surface area contributed by atoms with Gasteiger partial charge in [-0.25, -0.2) is 0 Å². The summed E-state index contributed by atoms with van der Waals surface area (Å²) in [6, 6.07) is 7.09. The Morgan fingerprint density at radius 3 is 2.62 bits per heavy atom. The second-order valence-electron chi connectivity index (χ2n) is 5.94. The van der Waals surface area contributed by atoms with Gasteiger partial charge in [-0.15, -0.1) is 0 Å². The number of nitrogens with zero attached hydrogens (tertiary/aromatic N) is 3. The molecule has 1 saturated heterocycles. The maximum Gasteiger partial charge on any atom is 0.269 e. The molecule has 114 valence electrons. The fourth-order valence-corrected chi connectivity index (χ4v) is 2.95. The Bertz CT molecular complexity index is 511. The SMILES string of the molecule is O=[N+]([O-])c1cccc(C(O)CN2CCN(C3CC3)CC2)c1. The lowest BCUT2D eigenvalue weighted by atomic mass is 10.1. The predicted molar refractivity (Wildman–Crippen MR) is 79.1 cm³/mol. The number of nitro benzene ring substituents is 1. The first-order valence-electron chi connectivity index (χ1n) is 7.52. The molecule has 2 fully saturated rings. The maximum atomic E-state index is 10.8. The molecule has 0 spiro atoms. The molecule has 1 saturated carbocycles. The van der Waals surface area contributed by atoms with Gasteiger partial charge in [-0.05, 0) is 18.4 Å². The van der Waals surface area contributed by atoms with Gasteiger partial charge >= 0.3 is 0 Å². The number of aliphatic hydroxyl groups is 1. The van der Waals surface area contributed by atoms with Crippen molar-refractivity contribution < 1.29 is 10.0 Å². The van der Waals surface area contributed by atoms with E-state index >= 15 is 0 Å². The summed E-state index contributed by atoms with van der Waals surface area (Å²) in [6.07, 6.45) is 1.99. The van der Waals surface area contributed by atoms with Crippen molar-refractivity contribution >= 4 is 5.69 Å². The molecule has 6 heteroatoms.